The smallest absolute Gasteiger partial charge is 0.229 e. The SMILES string of the molecule is Cc1nccc2c(NC(=O)[C@H]3CNC[C@@H]3c3ccccc3)cccc12.Cl.Cl. The first-order valence-corrected chi connectivity index (χ1v) is 8.65. The van der Waals surface area contributed by atoms with Gasteiger partial charge in [-0.3, -0.25) is 9.78 Å². The van der Waals surface area contributed by atoms with Crippen molar-refractivity contribution >= 4 is 47.2 Å². The highest BCUT2D eigenvalue weighted by Gasteiger charge is 2.34. The van der Waals surface area contributed by atoms with Gasteiger partial charge in [-0.05, 0) is 24.6 Å². The van der Waals surface area contributed by atoms with Gasteiger partial charge in [-0.25, -0.2) is 0 Å². The molecule has 142 valence electrons. The number of pyridine rings is 1. The largest absolute Gasteiger partial charge is 0.325 e. The summed E-state index contributed by atoms with van der Waals surface area (Å²) in [5.41, 5.74) is 3.04. The molecule has 2 N–H and O–H groups in total. The number of hydrogen-bond acceptors (Lipinski definition) is 3. The van der Waals surface area contributed by atoms with E-state index in [2.05, 4.69) is 27.8 Å². The average Bonchev–Trinajstić information content (AvgIpc) is 3.13. The fourth-order valence-corrected chi connectivity index (χ4v) is 3.69. The third-order valence-corrected chi connectivity index (χ3v) is 5.04. The highest BCUT2D eigenvalue weighted by molar-refractivity contribution is 6.03. The number of benzene rings is 2. The summed E-state index contributed by atoms with van der Waals surface area (Å²) in [4.78, 5) is 17.3. The first-order chi connectivity index (χ1) is 12.2. The molecule has 27 heavy (non-hydrogen) atoms. The molecule has 6 heteroatoms. The van der Waals surface area contributed by atoms with Crippen LogP contribution < -0.4 is 10.6 Å². The number of aromatic nitrogens is 1. The van der Waals surface area contributed by atoms with Crippen LogP contribution in [0.3, 0.4) is 0 Å². The third kappa shape index (κ3) is 4.24. The molecule has 0 aliphatic carbocycles. The van der Waals surface area contributed by atoms with Crippen LogP contribution in [0.25, 0.3) is 10.8 Å². The summed E-state index contributed by atoms with van der Waals surface area (Å²) in [5.74, 6) is 0.209. The van der Waals surface area contributed by atoms with Crippen molar-refractivity contribution in [3.8, 4) is 0 Å². The van der Waals surface area contributed by atoms with Crippen LogP contribution in [0.15, 0.2) is 60.8 Å². The molecule has 1 saturated heterocycles. The molecular weight excluding hydrogens is 381 g/mol. The van der Waals surface area contributed by atoms with Gasteiger partial charge in [0.2, 0.25) is 5.91 Å². The Balaban J connectivity index is 0.00000131. The molecule has 2 aromatic carbocycles. The van der Waals surface area contributed by atoms with Crippen molar-refractivity contribution in [2.24, 2.45) is 5.92 Å². The standard InChI is InChI=1S/C21H21N3O.2ClH/c1-14-16-8-5-9-20(17(16)10-11-23-14)24-21(25)19-13-22-12-18(19)15-6-3-2-4-7-15;;/h2-11,18-19,22H,12-13H2,1H3,(H,24,25);2*1H/t18-,19+;;/m1../s1. The third-order valence-electron chi connectivity index (χ3n) is 5.04. The molecule has 1 aromatic heterocycles. The Bertz CT molecular complexity index is 918. The maximum Gasteiger partial charge on any atom is 0.229 e. The molecule has 4 rings (SSSR count). The van der Waals surface area contributed by atoms with Crippen molar-refractivity contribution in [1.82, 2.24) is 10.3 Å². The zero-order valence-corrected chi connectivity index (χ0v) is 16.6. The predicted molar refractivity (Wildman–Crippen MR) is 115 cm³/mol. The molecular formula is C21H23Cl2N3O. The normalized spacial score (nSPS) is 18.4. The van der Waals surface area contributed by atoms with E-state index in [1.165, 1.54) is 5.56 Å². The Morgan fingerprint density at radius 2 is 1.78 bits per heavy atom. The predicted octanol–water partition coefficient (Wildman–Crippen LogP) is 4.33. The molecule has 2 heterocycles. The molecule has 1 amide bonds. The molecule has 0 saturated carbocycles. The van der Waals surface area contributed by atoms with Gasteiger partial charge in [-0.1, -0.05) is 42.5 Å². The minimum atomic E-state index is -0.0689. The van der Waals surface area contributed by atoms with Gasteiger partial charge in [0.15, 0.2) is 0 Å². The first kappa shape index (κ1) is 21.2. The first-order valence-electron chi connectivity index (χ1n) is 8.65. The van der Waals surface area contributed by atoms with E-state index in [1.807, 2.05) is 49.4 Å². The second-order valence-corrected chi connectivity index (χ2v) is 6.57. The Kier molecular flexibility index (Phi) is 7.19. The second kappa shape index (κ2) is 9.18. The van der Waals surface area contributed by atoms with E-state index in [0.29, 0.717) is 6.54 Å². The van der Waals surface area contributed by atoms with Gasteiger partial charge in [0, 0.05) is 47.4 Å². The van der Waals surface area contributed by atoms with E-state index in [4.69, 9.17) is 0 Å². The van der Waals surface area contributed by atoms with E-state index < -0.39 is 0 Å². The monoisotopic (exact) mass is 403 g/mol. The summed E-state index contributed by atoms with van der Waals surface area (Å²) in [6.07, 6.45) is 1.79. The molecule has 0 unspecified atom stereocenters. The van der Waals surface area contributed by atoms with Gasteiger partial charge in [-0.15, -0.1) is 24.8 Å². The van der Waals surface area contributed by atoms with E-state index in [0.717, 1.165) is 28.7 Å². The van der Waals surface area contributed by atoms with Crippen molar-refractivity contribution in [3.05, 3.63) is 72.1 Å². The van der Waals surface area contributed by atoms with Gasteiger partial charge in [0.1, 0.15) is 0 Å². The van der Waals surface area contributed by atoms with Crippen LogP contribution >= 0.6 is 24.8 Å². The van der Waals surface area contributed by atoms with Gasteiger partial charge >= 0.3 is 0 Å². The molecule has 1 aliphatic rings. The molecule has 1 aliphatic heterocycles. The summed E-state index contributed by atoms with van der Waals surface area (Å²) in [7, 11) is 0. The lowest BCUT2D eigenvalue weighted by atomic mass is 9.88. The van der Waals surface area contributed by atoms with Crippen molar-refractivity contribution in [1.29, 1.82) is 0 Å². The summed E-state index contributed by atoms with van der Waals surface area (Å²) < 4.78 is 0. The number of rotatable bonds is 3. The summed E-state index contributed by atoms with van der Waals surface area (Å²) >= 11 is 0. The minimum absolute atomic E-state index is 0. The van der Waals surface area contributed by atoms with E-state index in [9.17, 15) is 4.79 Å². The number of fused-ring (bicyclic) bond motifs is 1. The zero-order valence-electron chi connectivity index (χ0n) is 15.0. The summed E-state index contributed by atoms with van der Waals surface area (Å²) in [6.45, 7) is 3.53. The Morgan fingerprint density at radius 3 is 2.56 bits per heavy atom. The maximum atomic E-state index is 13.0. The van der Waals surface area contributed by atoms with E-state index >= 15 is 0 Å². The van der Waals surface area contributed by atoms with Crippen LogP contribution in [0.1, 0.15) is 17.2 Å². The number of nitrogens with one attached hydrogen (secondary N) is 2. The van der Waals surface area contributed by atoms with Crippen LogP contribution in [0.5, 0.6) is 0 Å². The molecule has 0 bridgehead atoms. The molecule has 0 spiro atoms. The summed E-state index contributed by atoms with van der Waals surface area (Å²) in [6, 6.07) is 18.2. The van der Waals surface area contributed by atoms with Crippen LogP contribution in [0, 0.1) is 12.8 Å². The number of carbonyl (C=O) groups excluding carboxylic acids is 1. The fourth-order valence-electron chi connectivity index (χ4n) is 3.69. The number of hydrogen-bond donors (Lipinski definition) is 2. The van der Waals surface area contributed by atoms with E-state index in [-0.39, 0.29) is 42.6 Å². The lowest BCUT2D eigenvalue weighted by Gasteiger charge is -2.19. The van der Waals surface area contributed by atoms with Gasteiger partial charge in [0.25, 0.3) is 0 Å². The van der Waals surface area contributed by atoms with Crippen molar-refractivity contribution < 1.29 is 4.79 Å². The number of nitrogens with zero attached hydrogens (tertiary/aromatic N) is 1. The number of aryl methyl sites for hydroxylation is 1. The quantitative estimate of drug-likeness (QED) is 0.683. The highest BCUT2D eigenvalue weighted by atomic mass is 35.5. The number of carbonyl (C=O) groups is 1. The molecule has 1 fully saturated rings. The highest BCUT2D eigenvalue weighted by Crippen LogP contribution is 2.30. The van der Waals surface area contributed by atoms with Crippen LogP contribution in [-0.2, 0) is 4.79 Å². The molecule has 2 atom stereocenters. The maximum absolute atomic E-state index is 13.0. The van der Waals surface area contributed by atoms with Crippen molar-refractivity contribution in [2.75, 3.05) is 18.4 Å². The molecule has 3 aromatic rings. The van der Waals surface area contributed by atoms with E-state index in [1.54, 1.807) is 6.20 Å². The summed E-state index contributed by atoms with van der Waals surface area (Å²) in [5, 5.41) is 8.62. The van der Waals surface area contributed by atoms with Crippen molar-refractivity contribution in [2.45, 2.75) is 12.8 Å². The number of halogens is 2. The van der Waals surface area contributed by atoms with Gasteiger partial charge in [-0.2, -0.15) is 0 Å². The molecule has 4 nitrogen and oxygen atoms in total. The van der Waals surface area contributed by atoms with Crippen LogP contribution in [-0.4, -0.2) is 24.0 Å². The average molecular weight is 404 g/mol. The second-order valence-electron chi connectivity index (χ2n) is 6.57. The lowest BCUT2D eigenvalue weighted by Crippen LogP contribution is -2.28. The fraction of sp³-hybridized carbons (Fsp3) is 0.238. The van der Waals surface area contributed by atoms with Gasteiger partial charge in [0.05, 0.1) is 5.92 Å². The number of amides is 1. The van der Waals surface area contributed by atoms with Crippen molar-refractivity contribution in [3.63, 3.8) is 0 Å². The lowest BCUT2D eigenvalue weighted by molar-refractivity contribution is -0.119. The van der Waals surface area contributed by atoms with Crippen LogP contribution in [0.2, 0.25) is 0 Å². The Morgan fingerprint density at radius 1 is 1.00 bits per heavy atom. The topological polar surface area (TPSA) is 54.0 Å². The Hall–Kier alpha value is -2.14. The zero-order chi connectivity index (χ0) is 17.2. The minimum Gasteiger partial charge on any atom is -0.325 e. The van der Waals surface area contributed by atoms with Gasteiger partial charge < -0.3 is 10.6 Å². The molecule has 0 radical (unpaired) electrons. The number of anilines is 1. The van der Waals surface area contributed by atoms with Crippen LogP contribution in [0.4, 0.5) is 5.69 Å². The Labute approximate surface area is 171 Å².